The smallest absolute Gasteiger partial charge is 0.310 e. The molecule has 0 bridgehead atoms. The number of alkyl halides is 3. The maximum atomic E-state index is 12.8. The van der Waals surface area contributed by atoms with Gasteiger partial charge in [-0.25, -0.2) is 0 Å². The monoisotopic (exact) mass is 295 g/mol. The SMILES string of the molecule is CC1(C)CSCC(NC2CCCC(C(F)(F)F)C2)C1. The summed E-state index contributed by atoms with van der Waals surface area (Å²) in [5, 5.41) is 3.49. The van der Waals surface area contributed by atoms with Crippen LogP contribution in [0.1, 0.15) is 46.0 Å². The van der Waals surface area contributed by atoms with E-state index in [0.717, 1.165) is 24.3 Å². The second kappa shape index (κ2) is 5.84. The molecule has 3 atom stereocenters. The third-order valence-electron chi connectivity index (χ3n) is 4.22. The quantitative estimate of drug-likeness (QED) is 0.818. The molecule has 2 fully saturated rings. The number of halogens is 3. The molecular formula is C14H24F3NS. The lowest BCUT2D eigenvalue weighted by atomic mass is 9.83. The van der Waals surface area contributed by atoms with Crippen LogP contribution in [0.3, 0.4) is 0 Å². The Morgan fingerprint density at radius 1 is 1.16 bits per heavy atom. The van der Waals surface area contributed by atoms with Gasteiger partial charge in [-0.1, -0.05) is 20.3 Å². The van der Waals surface area contributed by atoms with Gasteiger partial charge in [-0.3, -0.25) is 0 Å². The first-order chi connectivity index (χ1) is 8.76. The summed E-state index contributed by atoms with van der Waals surface area (Å²) in [6, 6.07) is 0.436. The number of nitrogens with one attached hydrogen (secondary N) is 1. The molecule has 2 rings (SSSR count). The molecule has 1 N–H and O–H groups in total. The molecule has 112 valence electrons. The molecule has 2 aliphatic rings. The summed E-state index contributed by atoms with van der Waals surface area (Å²) < 4.78 is 38.4. The van der Waals surface area contributed by atoms with Gasteiger partial charge >= 0.3 is 6.18 Å². The van der Waals surface area contributed by atoms with Crippen molar-refractivity contribution in [2.24, 2.45) is 11.3 Å². The minimum Gasteiger partial charge on any atom is -0.310 e. The molecule has 0 aromatic rings. The van der Waals surface area contributed by atoms with Crippen LogP contribution in [0.25, 0.3) is 0 Å². The Kier molecular flexibility index (Phi) is 4.76. The second-order valence-corrected chi connectivity index (χ2v) is 7.88. The number of rotatable bonds is 2. The van der Waals surface area contributed by atoms with Gasteiger partial charge in [0.1, 0.15) is 0 Å². The summed E-state index contributed by atoms with van der Waals surface area (Å²) in [4.78, 5) is 0. The van der Waals surface area contributed by atoms with Crippen LogP contribution in [0.5, 0.6) is 0 Å². The predicted molar refractivity (Wildman–Crippen MR) is 74.4 cm³/mol. The highest BCUT2D eigenvalue weighted by Crippen LogP contribution is 2.39. The van der Waals surface area contributed by atoms with Crippen LogP contribution in [0.4, 0.5) is 13.2 Å². The largest absolute Gasteiger partial charge is 0.391 e. The van der Waals surface area contributed by atoms with Gasteiger partial charge in [-0.2, -0.15) is 24.9 Å². The Hall–Kier alpha value is 0.100. The summed E-state index contributed by atoms with van der Waals surface area (Å²) in [5.74, 6) is 1.10. The Bertz CT molecular complexity index is 304. The van der Waals surface area contributed by atoms with Crippen molar-refractivity contribution in [3.05, 3.63) is 0 Å². The molecule has 19 heavy (non-hydrogen) atoms. The molecule has 1 saturated carbocycles. The van der Waals surface area contributed by atoms with Crippen molar-refractivity contribution in [3.8, 4) is 0 Å². The van der Waals surface area contributed by atoms with E-state index in [1.165, 1.54) is 0 Å². The van der Waals surface area contributed by atoms with E-state index in [9.17, 15) is 13.2 Å². The molecular weight excluding hydrogens is 271 g/mol. The summed E-state index contributed by atoms with van der Waals surface area (Å²) in [6.07, 6.45) is -0.759. The molecule has 1 heterocycles. The van der Waals surface area contributed by atoms with Crippen LogP contribution >= 0.6 is 11.8 Å². The van der Waals surface area contributed by atoms with Crippen molar-refractivity contribution in [3.63, 3.8) is 0 Å². The molecule has 3 unspecified atom stereocenters. The van der Waals surface area contributed by atoms with Crippen LogP contribution in [0, 0.1) is 11.3 Å². The highest BCUT2D eigenvalue weighted by atomic mass is 32.2. The lowest BCUT2D eigenvalue weighted by Crippen LogP contribution is -2.48. The highest BCUT2D eigenvalue weighted by Gasteiger charge is 2.42. The van der Waals surface area contributed by atoms with Gasteiger partial charge < -0.3 is 5.32 Å². The van der Waals surface area contributed by atoms with Gasteiger partial charge in [0.15, 0.2) is 0 Å². The molecule has 0 radical (unpaired) electrons. The Morgan fingerprint density at radius 2 is 1.89 bits per heavy atom. The minimum atomic E-state index is -4.01. The molecule has 5 heteroatoms. The highest BCUT2D eigenvalue weighted by molar-refractivity contribution is 7.99. The standard InChI is InChI=1S/C14H24F3NS/c1-13(2)7-12(8-19-9-13)18-11-5-3-4-10(6-11)14(15,16)17/h10-12,18H,3-9H2,1-2H3. The number of thioether (sulfide) groups is 1. The van der Waals surface area contributed by atoms with Crippen LogP contribution in [-0.4, -0.2) is 29.8 Å². The first kappa shape index (κ1) is 15.5. The first-order valence-corrected chi connectivity index (χ1v) is 8.32. The van der Waals surface area contributed by atoms with Gasteiger partial charge in [0.25, 0.3) is 0 Å². The zero-order chi connectivity index (χ0) is 14.1. The zero-order valence-electron chi connectivity index (χ0n) is 11.7. The van der Waals surface area contributed by atoms with Crippen LogP contribution in [0.15, 0.2) is 0 Å². The van der Waals surface area contributed by atoms with Gasteiger partial charge in [-0.15, -0.1) is 0 Å². The van der Waals surface area contributed by atoms with E-state index >= 15 is 0 Å². The molecule has 1 nitrogen and oxygen atoms in total. The van der Waals surface area contributed by atoms with Crippen LogP contribution in [0.2, 0.25) is 0 Å². The van der Waals surface area contributed by atoms with E-state index < -0.39 is 12.1 Å². The normalized spacial score (nSPS) is 36.2. The maximum Gasteiger partial charge on any atom is 0.391 e. The summed E-state index contributed by atoms with van der Waals surface area (Å²) in [7, 11) is 0. The van der Waals surface area contributed by atoms with Crippen molar-refractivity contribution in [1.29, 1.82) is 0 Å². The summed E-state index contributed by atoms with van der Waals surface area (Å²) in [5.41, 5.74) is 0.304. The van der Waals surface area contributed by atoms with E-state index in [4.69, 9.17) is 0 Å². The molecule has 0 aromatic heterocycles. The number of hydrogen-bond donors (Lipinski definition) is 1. The fourth-order valence-electron chi connectivity index (χ4n) is 3.34. The lowest BCUT2D eigenvalue weighted by molar-refractivity contribution is -0.183. The topological polar surface area (TPSA) is 12.0 Å². The average molecular weight is 295 g/mol. The van der Waals surface area contributed by atoms with Gasteiger partial charge in [-0.05, 0) is 36.9 Å². The Labute approximate surface area is 118 Å². The lowest BCUT2D eigenvalue weighted by Gasteiger charge is -2.39. The molecule has 0 aromatic carbocycles. The van der Waals surface area contributed by atoms with E-state index in [0.29, 0.717) is 24.3 Å². The molecule has 1 aliphatic heterocycles. The molecule has 1 aliphatic carbocycles. The molecule has 1 saturated heterocycles. The average Bonchev–Trinajstić information content (AvgIpc) is 2.26. The third kappa shape index (κ3) is 4.55. The van der Waals surface area contributed by atoms with Crippen LogP contribution < -0.4 is 5.32 Å². The van der Waals surface area contributed by atoms with Crippen molar-refractivity contribution < 1.29 is 13.2 Å². The fourth-order valence-corrected chi connectivity index (χ4v) is 4.63. The van der Waals surface area contributed by atoms with Gasteiger partial charge in [0.05, 0.1) is 5.92 Å². The van der Waals surface area contributed by atoms with Crippen molar-refractivity contribution in [2.45, 2.75) is 64.2 Å². The van der Waals surface area contributed by atoms with Gasteiger partial charge in [0.2, 0.25) is 0 Å². The van der Waals surface area contributed by atoms with E-state index in [-0.39, 0.29) is 12.5 Å². The fraction of sp³-hybridized carbons (Fsp3) is 1.00. The summed E-state index contributed by atoms with van der Waals surface area (Å²) in [6.45, 7) is 4.49. The van der Waals surface area contributed by atoms with E-state index in [1.807, 2.05) is 11.8 Å². The Balaban J connectivity index is 1.85. The van der Waals surface area contributed by atoms with E-state index in [2.05, 4.69) is 19.2 Å². The Morgan fingerprint density at radius 3 is 2.53 bits per heavy atom. The van der Waals surface area contributed by atoms with Crippen molar-refractivity contribution >= 4 is 11.8 Å². The minimum absolute atomic E-state index is 0.0554. The van der Waals surface area contributed by atoms with Crippen LogP contribution in [-0.2, 0) is 0 Å². The molecule has 0 amide bonds. The zero-order valence-corrected chi connectivity index (χ0v) is 12.5. The van der Waals surface area contributed by atoms with Crippen molar-refractivity contribution in [2.75, 3.05) is 11.5 Å². The molecule has 0 spiro atoms. The van der Waals surface area contributed by atoms with Gasteiger partial charge in [0, 0.05) is 17.8 Å². The third-order valence-corrected chi connectivity index (χ3v) is 5.84. The predicted octanol–water partition coefficient (Wildman–Crippen LogP) is 4.23. The first-order valence-electron chi connectivity index (χ1n) is 7.17. The summed E-state index contributed by atoms with van der Waals surface area (Å²) >= 11 is 1.92. The maximum absolute atomic E-state index is 12.8. The second-order valence-electron chi connectivity index (χ2n) is 6.85. The number of hydrogen-bond acceptors (Lipinski definition) is 2. The van der Waals surface area contributed by atoms with E-state index in [1.54, 1.807) is 0 Å². The van der Waals surface area contributed by atoms with Crippen molar-refractivity contribution in [1.82, 2.24) is 5.32 Å².